The van der Waals surface area contributed by atoms with E-state index in [-0.39, 0.29) is 17.7 Å². The van der Waals surface area contributed by atoms with Crippen LogP contribution < -0.4 is 16.0 Å². The molecule has 3 amide bonds. The van der Waals surface area contributed by atoms with E-state index in [0.717, 1.165) is 12.8 Å². The van der Waals surface area contributed by atoms with Gasteiger partial charge in [0.2, 0.25) is 5.91 Å². The third-order valence-electron chi connectivity index (χ3n) is 4.28. The fraction of sp³-hybridized carbons (Fsp3) is 0.250. The van der Waals surface area contributed by atoms with E-state index in [1.54, 1.807) is 48.5 Å². The Labute approximate surface area is 152 Å². The molecule has 0 bridgehead atoms. The second-order valence-electron chi connectivity index (χ2n) is 6.21. The highest BCUT2D eigenvalue weighted by molar-refractivity contribution is 6.04. The van der Waals surface area contributed by atoms with Gasteiger partial charge in [-0.15, -0.1) is 0 Å². The second-order valence-corrected chi connectivity index (χ2v) is 6.21. The summed E-state index contributed by atoms with van der Waals surface area (Å²) in [5.74, 6) is -0.645. The fourth-order valence-electron chi connectivity index (χ4n) is 2.82. The molecule has 0 unspecified atom stereocenters. The van der Waals surface area contributed by atoms with E-state index in [9.17, 15) is 14.4 Å². The van der Waals surface area contributed by atoms with E-state index in [1.807, 2.05) is 6.07 Å². The summed E-state index contributed by atoms with van der Waals surface area (Å²) in [6, 6.07) is 15.0. The molecular formula is C20H21N3O3. The zero-order valence-corrected chi connectivity index (χ0v) is 14.3. The van der Waals surface area contributed by atoms with Crippen molar-refractivity contribution < 1.29 is 14.4 Å². The Morgan fingerprint density at radius 3 is 2.31 bits per heavy atom. The van der Waals surface area contributed by atoms with Crippen molar-refractivity contribution in [2.45, 2.75) is 25.3 Å². The Kier molecular flexibility index (Phi) is 5.63. The molecule has 0 aromatic heterocycles. The monoisotopic (exact) mass is 351 g/mol. The molecule has 26 heavy (non-hydrogen) atoms. The van der Waals surface area contributed by atoms with Crippen molar-refractivity contribution in [3.05, 3.63) is 65.7 Å². The lowest BCUT2D eigenvalue weighted by Gasteiger charge is -2.15. The molecule has 6 heteroatoms. The maximum atomic E-state index is 12.3. The van der Waals surface area contributed by atoms with Crippen LogP contribution >= 0.6 is 0 Å². The van der Waals surface area contributed by atoms with Gasteiger partial charge in [0.1, 0.15) is 6.04 Å². The molecule has 1 aliphatic rings. The second kappa shape index (κ2) is 8.29. The van der Waals surface area contributed by atoms with Gasteiger partial charge in [-0.1, -0.05) is 18.2 Å². The van der Waals surface area contributed by atoms with Gasteiger partial charge < -0.3 is 16.0 Å². The van der Waals surface area contributed by atoms with Crippen LogP contribution in [0.2, 0.25) is 0 Å². The summed E-state index contributed by atoms with van der Waals surface area (Å²) in [4.78, 5) is 36.4. The van der Waals surface area contributed by atoms with Crippen molar-refractivity contribution >= 4 is 23.4 Å². The quantitative estimate of drug-likeness (QED) is 0.790. The van der Waals surface area contributed by atoms with Crippen molar-refractivity contribution in [1.29, 1.82) is 0 Å². The molecule has 1 atom stereocenters. The third kappa shape index (κ3) is 4.47. The highest BCUT2D eigenvalue weighted by Gasteiger charge is 2.22. The van der Waals surface area contributed by atoms with E-state index in [4.69, 9.17) is 0 Å². The first-order valence-corrected chi connectivity index (χ1v) is 8.68. The summed E-state index contributed by atoms with van der Waals surface area (Å²) in [6.07, 6.45) is 2.46. The molecule has 2 aromatic carbocycles. The fourth-order valence-corrected chi connectivity index (χ4v) is 2.82. The number of amides is 3. The van der Waals surface area contributed by atoms with E-state index >= 15 is 0 Å². The first-order valence-electron chi connectivity index (χ1n) is 8.68. The van der Waals surface area contributed by atoms with Crippen LogP contribution in [0, 0.1) is 0 Å². The molecule has 0 saturated carbocycles. The number of hydrogen-bond donors (Lipinski definition) is 3. The normalized spacial score (nSPS) is 16.9. The Hall–Kier alpha value is -3.15. The molecule has 1 heterocycles. The van der Waals surface area contributed by atoms with Gasteiger partial charge in [-0.25, -0.2) is 0 Å². The predicted molar refractivity (Wildman–Crippen MR) is 99.0 cm³/mol. The lowest BCUT2D eigenvalue weighted by molar-refractivity contribution is -0.122. The number of rotatable bonds is 4. The average Bonchev–Trinajstić information content (AvgIpc) is 2.87. The number of benzene rings is 2. The van der Waals surface area contributed by atoms with Crippen molar-refractivity contribution in [2.75, 3.05) is 11.9 Å². The molecule has 1 saturated heterocycles. The highest BCUT2D eigenvalue weighted by atomic mass is 16.2. The van der Waals surface area contributed by atoms with E-state index in [1.165, 1.54) is 0 Å². The van der Waals surface area contributed by atoms with E-state index in [2.05, 4.69) is 16.0 Å². The number of hydrogen-bond acceptors (Lipinski definition) is 3. The Bertz CT molecular complexity index is 788. The smallest absolute Gasteiger partial charge is 0.255 e. The van der Waals surface area contributed by atoms with Gasteiger partial charge in [-0.3, -0.25) is 14.4 Å². The summed E-state index contributed by atoms with van der Waals surface area (Å²) in [6.45, 7) is 0.654. The number of carbonyl (C=O) groups is 3. The lowest BCUT2D eigenvalue weighted by atomic mass is 10.1. The summed E-state index contributed by atoms with van der Waals surface area (Å²) in [5.41, 5.74) is 1.61. The molecular weight excluding hydrogens is 330 g/mol. The zero-order chi connectivity index (χ0) is 18.4. The molecule has 134 valence electrons. The largest absolute Gasteiger partial charge is 0.354 e. The van der Waals surface area contributed by atoms with Crippen LogP contribution in [0.15, 0.2) is 54.6 Å². The van der Waals surface area contributed by atoms with Gasteiger partial charge in [0, 0.05) is 23.4 Å². The van der Waals surface area contributed by atoms with Crippen LogP contribution in [0.4, 0.5) is 5.69 Å². The molecule has 0 aliphatic carbocycles. The maximum Gasteiger partial charge on any atom is 0.255 e. The predicted octanol–water partition coefficient (Wildman–Crippen LogP) is 2.34. The minimum atomic E-state index is -0.498. The van der Waals surface area contributed by atoms with Crippen LogP contribution in [0.25, 0.3) is 0 Å². The first kappa shape index (κ1) is 17.7. The topological polar surface area (TPSA) is 87.3 Å². The van der Waals surface area contributed by atoms with Crippen LogP contribution in [0.3, 0.4) is 0 Å². The van der Waals surface area contributed by atoms with E-state index < -0.39 is 6.04 Å². The number of anilines is 1. The van der Waals surface area contributed by atoms with E-state index in [0.29, 0.717) is 29.8 Å². The summed E-state index contributed by atoms with van der Waals surface area (Å²) >= 11 is 0. The zero-order valence-electron chi connectivity index (χ0n) is 14.3. The molecule has 6 nitrogen and oxygen atoms in total. The molecule has 0 spiro atoms. The maximum absolute atomic E-state index is 12.3. The van der Waals surface area contributed by atoms with Gasteiger partial charge in [0.05, 0.1) is 0 Å². The minimum Gasteiger partial charge on any atom is -0.354 e. The van der Waals surface area contributed by atoms with Gasteiger partial charge in [0.25, 0.3) is 11.8 Å². The van der Waals surface area contributed by atoms with Gasteiger partial charge >= 0.3 is 0 Å². The number of carbonyl (C=O) groups excluding carboxylic acids is 3. The van der Waals surface area contributed by atoms with Crippen LogP contribution in [-0.4, -0.2) is 30.3 Å². The summed E-state index contributed by atoms with van der Waals surface area (Å²) in [5, 5.41) is 8.36. The average molecular weight is 351 g/mol. The first-order chi connectivity index (χ1) is 12.6. The molecule has 1 aliphatic heterocycles. The highest BCUT2D eigenvalue weighted by Crippen LogP contribution is 2.13. The van der Waals surface area contributed by atoms with Gasteiger partial charge in [-0.2, -0.15) is 0 Å². The van der Waals surface area contributed by atoms with Crippen molar-refractivity contribution in [2.24, 2.45) is 0 Å². The SMILES string of the molecule is O=C(Nc1ccc(C(=O)N[C@H]2CCCCNC2=O)cc1)c1ccccc1. The Morgan fingerprint density at radius 2 is 1.58 bits per heavy atom. The Morgan fingerprint density at radius 1 is 0.885 bits per heavy atom. The molecule has 3 N–H and O–H groups in total. The Balaban J connectivity index is 1.60. The molecule has 3 rings (SSSR count). The lowest BCUT2D eigenvalue weighted by Crippen LogP contribution is -2.45. The van der Waals surface area contributed by atoms with Gasteiger partial charge in [-0.05, 0) is 55.7 Å². The van der Waals surface area contributed by atoms with Crippen molar-refractivity contribution in [3.63, 3.8) is 0 Å². The van der Waals surface area contributed by atoms with Crippen molar-refractivity contribution in [1.82, 2.24) is 10.6 Å². The van der Waals surface area contributed by atoms with Gasteiger partial charge in [0.15, 0.2) is 0 Å². The van der Waals surface area contributed by atoms with Crippen LogP contribution in [-0.2, 0) is 4.79 Å². The summed E-state index contributed by atoms with van der Waals surface area (Å²) in [7, 11) is 0. The summed E-state index contributed by atoms with van der Waals surface area (Å²) < 4.78 is 0. The third-order valence-corrected chi connectivity index (χ3v) is 4.28. The standard InChI is InChI=1S/C20H21N3O3/c24-18(14-6-2-1-3-7-14)22-16-11-9-15(10-12-16)19(25)23-17-8-4-5-13-21-20(17)26/h1-3,6-7,9-12,17H,4-5,8,13H2,(H,21,26)(H,22,24)(H,23,25)/t17-/m0/s1. The molecule has 1 fully saturated rings. The van der Waals surface area contributed by atoms with Crippen molar-refractivity contribution in [3.8, 4) is 0 Å². The molecule has 0 radical (unpaired) electrons. The van der Waals surface area contributed by atoms with Crippen LogP contribution in [0.1, 0.15) is 40.0 Å². The molecule has 2 aromatic rings. The minimum absolute atomic E-state index is 0.136. The van der Waals surface area contributed by atoms with Crippen LogP contribution in [0.5, 0.6) is 0 Å². The number of nitrogens with one attached hydrogen (secondary N) is 3.